The number of benzene rings is 2. The molecule has 1 atom stereocenters. The summed E-state index contributed by atoms with van der Waals surface area (Å²) in [5.41, 5.74) is 9.77. The predicted molar refractivity (Wildman–Crippen MR) is 102 cm³/mol. The minimum Gasteiger partial charge on any atom is -0.488 e. The van der Waals surface area contributed by atoms with E-state index in [0.717, 1.165) is 41.2 Å². The molecule has 0 spiro atoms. The van der Waals surface area contributed by atoms with Crippen LogP contribution in [-0.2, 0) is 22.5 Å². The predicted octanol–water partition coefficient (Wildman–Crippen LogP) is 2.99. The van der Waals surface area contributed by atoms with Crippen molar-refractivity contribution >= 4 is 11.6 Å². The fourth-order valence-corrected chi connectivity index (χ4v) is 3.00. The van der Waals surface area contributed by atoms with Crippen LogP contribution < -0.4 is 15.8 Å². The molecule has 1 saturated heterocycles. The minimum atomic E-state index is 0.00368. The van der Waals surface area contributed by atoms with Crippen molar-refractivity contribution < 1.29 is 14.3 Å². The Morgan fingerprint density at radius 1 is 1.27 bits per heavy atom. The number of hydrogen-bond donors (Lipinski definition) is 2. The molecule has 0 saturated carbocycles. The molecule has 2 aromatic rings. The summed E-state index contributed by atoms with van der Waals surface area (Å²) in [7, 11) is 0. The fourth-order valence-electron chi connectivity index (χ4n) is 3.00. The Morgan fingerprint density at radius 2 is 2.12 bits per heavy atom. The Balaban J connectivity index is 1.55. The molecule has 0 radical (unpaired) electrons. The SMILES string of the molecule is Cc1ccc(CNC(=O)CCc2ccccc2N)c(OC2CCOC2)c1. The number of para-hydroxylation sites is 1. The topological polar surface area (TPSA) is 73.6 Å². The number of nitrogens with two attached hydrogens (primary N) is 1. The summed E-state index contributed by atoms with van der Waals surface area (Å²) in [5.74, 6) is 0.831. The van der Waals surface area contributed by atoms with Crippen LogP contribution in [0.2, 0.25) is 0 Å². The monoisotopic (exact) mass is 354 g/mol. The van der Waals surface area contributed by atoms with Gasteiger partial charge < -0.3 is 20.5 Å². The number of carbonyl (C=O) groups is 1. The highest BCUT2D eigenvalue weighted by molar-refractivity contribution is 5.76. The number of nitrogens with one attached hydrogen (secondary N) is 1. The first-order chi connectivity index (χ1) is 12.6. The van der Waals surface area contributed by atoms with Gasteiger partial charge in [0, 0.05) is 30.6 Å². The zero-order valence-corrected chi connectivity index (χ0v) is 15.2. The first-order valence-electron chi connectivity index (χ1n) is 9.06. The van der Waals surface area contributed by atoms with E-state index in [-0.39, 0.29) is 12.0 Å². The third-order valence-electron chi connectivity index (χ3n) is 4.56. The van der Waals surface area contributed by atoms with E-state index in [2.05, 4.69) is 5.32 Å². The van der Waals surface area contributed by atoms with Crippen molar-refractivity contribution in [2.45, 2.75) is 38.8 Å². The lowest BCUT2D eigenvalue weighted by Gasteiger charge is -2.17. The van der Waals surface area contributed by atoms with Crippen molar-refractivity contribution in [2.24, 2.45) is 0 Å². The molecule has 138 valence electrons. The normalized spacial score (nSPS) is 16.4. The molecule has 1 aliphatic heterocycles. The van der Waals surface area contributed by atoms with Crippen molar-refractivity contribution in [3.8, 4) is 5.75 Å². The lowest BCUT2D eigenvalue weighted by molar-refractivity contribution is -0.121. The number of carbonyl (C=O) groups excluding carboxylic acids is 1. The van der Waals surface area contributed by atoms with Crippen molar-refractivity contribution in [2.75, 3.05) is 18.9 Å². The number of rotatable bonds is 7. The summed E-state index contributed by atoms with van der Waals surface area (Å²) in [6.07, 6.45) is 2.03. The Hall–Kier alpha value is -2.53. The van der Waals surface area contributed by atoms with Crippen LogP contribution in [-0.4, -0.2) is 25.2 Å². The third-order valence-corrected chi connectivity index (χ3v) is 4.56. The molecule has 5 nitrogen and oxygen atoms in total. The van der Waals surface area contributed by atoms with Crippen molar-refractivity contribution in [1.29, 1.82) is 0 Å². The minimum absolute atomic E-state index is 0.00368. The average Bonchev–Trinajstić information content (AvgIpc) is 3.13. The summed E-state index contributed by atoms with van der Waals surface area (Å²) in [5, 5.41) is 2.98. The van der Waals surface area contributed by atoms with E-state index in [1.807, 2.05) is 49.4 Å². The van der Waals surface area contributed by atoms with E-state index < -0.39 is 0 Å². The van der Waals surface area contributed by atoms with Crippen molar-refractivity contribution in [3.63, 3.8) is 0 Å². The van der Waals surface area contributed by atoms with Gasteiger partial charge in [-0.05, 0) is 36.6 Å². The molecule has 0 bridgehead atoms. The maximum absolute atomic E-state index is 12.2. The maximum atomic E-state index is 12.2. The number of amides is 1. The lowest BCUT2D eigenvalue weighted by atomic mass is 10.1. The van der Waals surface area contributed by atoms with E-state index in [0.29, 0.717) is 26.0 Å². The maximum Gasteiger partial charge on any atom is 0.220 e. The van der Waals surface area contributed by atoms with Crippen LogP contribution in [0.15, 0.2) is 42.5 Å². The van der Waals surface area contributed by atoms with Gasteiger partial charge in [0.25, 0.3) is 0 Å². The Kier molecular flexibility index (Phi) is 6.12. The third kappa shape index (κ3) is 4.99. The highest BCUT2D eigenvalue weighted by Gasteiger charge is 2.19. The number of nitrogen functional groups attached to an aromatic ring is 1. The molecule has 0 aliphatic carbocycles. The van der Waals surface area contributed by atoms with Crippen LogP contribution >= 0.6 is 0 Å². The molecule has 0 aromatic heterocycles. The Bertz CT molecular complexity index is 755. The first-order valence-corrected chi connectivity index (χ1v) is 9.06. The summed E-state index contributed by atoms with van der Waals surface area (Å²) in [6, 6.07) is 13.7. The number of aryl methyl sites for hydroxylation is 2. The molecule has 1 amide bonds. The van der Waals surface area contributed by atoms with Crippen LogP contribution in [0.5, 0.6) is 5.75 Å². The summed E-state index contributed by atoms with van der Waals surface area (Å²) >= 11 is 0. The average molecular weight is 354 g/mol. The molecule has 2 aromatic carbocycles. The van der Waals surface area contributed by atoms with Gasteiger partial charge in [0.05, 0.1) is 13.2 Å². The summed E-state index contributed by atoms with van der Waals surface area (Å²) in [4.78, 5) is 12.2. The van der Waals surface area contributed by atoms with Gasteiger partial charge in [-0.25, -0.2) is 0 Å². The highest BCUT2D eigenvalue weighted by atomic mass is 16.5. The second kappa shape index (κ2) is 8.72. The molecule has 3 N–H and O–H groups in total. The van der Waals surface area contributed by atoms with Crippen LogP contribution in [0.25, 0.3) is 0 Å². The standard InChI is InChI=1S/C21H26N2O3/c1-15-6-7-17(20(12-15)26-18-10-11-25-14-18)13-23-21(24)9-8-16-4-2-3-5-19(16)22/h2-7,12,18H,8-11,13-14,22H2,1H3,(H,23,24). The van der Waals surface area contributed by atoms with Crippen LogP contribution in [0.1, 0.15) is 29.5 Å². The number of ether oxygens (including phenoxy) is 2. The smallest absolute Gasteiger partial charge is 0.220 e. The van der Waals surface area contributed by atoms with Gasteiger partial charge in [-0.3, -0.25) is 4.79 Å². The van der Waals surface area contributed by atoms with Crippen molar-refractivity contribution in [1.82, 2.24) is 5.32 Å². The molecule has 3 rings (SSSR count). The van der Waals surface area contributed by atoms with E-state index in [4.69, 9.17) is 15.2 Å². The molecule has 1 fully saturated rings. The first kappa shape index (κ1) is 18.3. The zero-order valence-electron chi connectivity index (χ0n) is 15.2. The number of hydrogen-bond acceptors (Lipinski definition) is 4. The van der Waals surface area contributed by atoms with E-state index in [1.54, 1.807) is 0 Å². The van der Waals surface area contributed by atoms with E-state index in [9.17, 15) is 4.79 Å². The zero-order chi connectivity index (χ0) is 18.4. The fraction of sp³-hybridized carbons (Fsp3) is 0.381. The molecule has 1 aliphatic rings. The van der Waals surface area contributed by atoms with Gasteiger partial charge in [-0.15, -0.1) is 0 Å². The molecule has 1 unspecified atom stereocenters. The largest absolute Gasteiger partial charge is 0.488 e. The summed E-state index contributed by atoms with van der Waals surface area (Å²) < 4.78 is 11.4. The van der Waals surface area contributed by atoms with Gasteiger partial charge in [-0.2, -0.15) is 0 Å². The molecule has 5 heteroatoms. The van der Waals surface area contributed by atoms with Gasteiger partial charge in [0.15, 0.2) is 0 Å². The molecule has 26 heavy (non-hydrogen) atoms. The quantitative estimate of drug-likeness (QED) is 0.750. The Labute approximate surface area is 154 Å². The van der Waals surface area contributed by atoms with Gasteiger partial charge >= 0.3 is 0 Å². The van der Waals surface area contributed by atoms with Crippen LogP contribution in [0.3, 0.4) is 0 Å². The van der Waals surface area contributed by atoms with E-state index >= 15 is 0 Å². The lowest BCUT2D eigenvalue weighted by Crippen LogP contribution is -2.24. The van der Waals surface area contributed by atoms with Crippen molar-refractivity contribution in [3.05, 3.63) is 59.2 Å². The van der Waals surface area contributed by atoms with Crippen LogP contribution in [0, 0.1) is 6.92 Å². The molecular formula is C21H26N2O3. The highest BCUT2D eigenvalue weighted by Crippen LogP contribution is 2.24. The second-order valence-electron chi connectivity index (χ2n) is 6.69. The number of anilines is 1. The van der Waals surface area contributed by atoms with Crippen LogP contribution in [0.4, 0.5) is 5.69 Å². The van der Waals surface area contributed by atoms with Gasteiger partial charge in [0.1, 0.15) is 11.9 Å². The van der Waals surface area contributed by atoms with Gasteiger partial charge in [0.2, 0.25) is 5.91 Å². The van der Waals surface area contributed by atoms with Gasteiger partial charge in [-0.1, -0.05) is 30.3 Å². The molecule has 1 heterocycles. The Morgan fingerprint density at radius 3 is 2.88 bits per heavy atom. The summed E-state index contributed by atoms with van der Waals surface area (Å²) in [6.45, 7) is 3.85. The second-order valence-corrected chi connectivity index (χ2v) is 6.69. The van der Waals surface area contributed by atoms with E-state index in [1.165, 1.54) is 0 Å². The molecular weight excluding hydrogens is 328 g/mol.